The standard InChI is InChI=1S/C11H9BrClNO/c1-7-10(6-12)14-15-11(7)8-2-4-9(13)5-3-8/h2-5H,6H2,1H3. The number of hydrogen-bond acceptors (Lipinski definition) is 2. The lowest BCUT2D eigenvalue weighted by molar-refractivity contribution is 0.426. The Morgan fingerprint density at radius 3 is 2.53 bits per heavy atom. The van der Waals surface area contributed by atoms with Gasteiger partial charge in [-0.05, 0) is 31.2 Å². The lowest BCUT2D eigenvalue weighted by atomic mass is 10.1. The number of nitrogens with zero attached hydrogens (tertiary/aromatic N) is 1. The molecule has 15 heavy (non-hydrogen) atoms. The molecule has 0 fully saturated rings. The van der Waals surface area contributed by atoms with Crippen LogP contribution in [0.3, 0.4) is 0 Å². The minimum absolute atomic E-state index is 0.704. The Balaban J connectivity index is 2.45. The van der Waals surface area contributed by atoms with Crippen LogP contribution in [-0.4, -0.2) is 5.16 Å². The largest absolute Gasteiger partial charge is 0.356 e. The van der Waals surface area contributed by atoms with Gasteiger partial charge in [0.15, 0.2) is 5.76 Å². The SMILES string of the molecule is Cc1c(CBr)noc1-c1ccc(Cl)cc1. The number of alkyl halides is 1. The second kappa shape index (κ2) is 4.37. The first kappa shape index (κ1) is 10.7. The van der Waals surface area contributed by atoms with Gasteiger partial charge >= 0.3 is 0 Å². The van der Waals surface area contributed by atoms with E-state index in [1.54, 1.807) is 0 Å². The predicted molar refractivity (Wildman–Crippen MR) is 64.3 cm³/mol. The predicted octanol–water partition coefficient (Wildman–Crippen LogP) is 4.20. The van der Waals surface area contributed by atoms with Crippen LogP contribution in [0.5, 0.6) is 0 Å². The van der Waals surface area contributed by atoms with Crippen LogP contribution in [0, 0.1) is 6.92 Å². The maximum Gasteiger partial charge on any atom is 0.170 e. The second-order valence-electron chi connectivity index (χ2n) is 3.22. The van der Waals surface area contributed by atoms with E-state index in [1.165, 1.54) is 0 Å². The van der Waals surface area contributed by atoms with Crippen LogP contribution in [-0.2, 0) is 5.33 Å². The highest BCUT2D eigenvalue weighted by Gasteiger charge is 2.12. The minimum atomic E-state index is 0.704. The minimum Gasteiger partial charge on any atom is -0.356 e. The Kier molecular flexibility index (Phi) is 3.12. The van der Waals surface area contributed by atoms with E-state index < -0.39 is 0 Å². The Morgan fingerprint density at radius 1 is 1.33 bits per heavy atom. The van der Waals surface area contributed by atoms with E-state index in [4.69, 9.17) is 16.1 Å². The summed E-state index contributed by atoms with van der Waals surface area (Å²) >= 11 is 9.18. The van der Waals surface area contributed by atoms with Crippen molar-refractivity contribution in [1.82, 2.24) is 5.16 Å². The summed E-state index contributed by atoms with van der Waals surface area (Å²) in [6.07, 6.45) is 0. The van der Waals surface area contributed by atoms with E-state index in [2.05, 4.69) is 21.1 Å². The zero-order chi connectivity index (χ0) is 10.8. The van der Waals surface area contributed by atoms with Gasteiger partial charge in [0.2, 0.25) is 0 Å². The number of hydrogen-bond donors (Lipinski definition) is 0. The fourth-order valence-electron chi connectivity index (χ4n) is 1.36. The van der Waals surface area contributed by atoms with E-state index in [1.807, 2.05) is 31.2 Å². The molecule has 0 aliphatic rings. The average molecular weight is 287 g/mol. The molecule has 0 aliphatic heterocycles. The first-order valence-corrected chi connectivity index (χ1v) is 5.99. The molecule has 2 rings (SSSR count). The highest BCUT2D eigenvalue weighted by atomic mass is 79.9. The lowest BCUT2D eigenvalue weighted by Crippen LogP contribution is -1.81. The third-order valence-corrected chi connectivity index (χ3v) is 3.04. The number of aromatic nitrogens is 1. The number of benzene rings is 1. The van der Waals surface area contributed by atoms with Crippen LogP contribution in [0.25, 0.3) is 11.3 Å². The summed E-state index contributed by atoms with van der Waals surface area (Å²) in [5.74, 6) is 0.807. The van der Waals surface area contributed by atoms with Gasteiger partial charge in [0.25, 0.3) is 0 Å². The molecule has 0 atom stereocenters. The summed E-state index contributed by atoms with van der Waals surface area (Å²) in [5.41, 5.74) is 2.99. The van der Waals surface area contributed by atoms with Crippen LogP contribution in [0.1, 0.15) is 11.3 Å². The normalized spacial score (nSPS) is 10.6. The highest BCUT2D eigenvalue weighted by Crippen LogP contribution is 2.27. The first-order valence-electron chi connectivity index (χ1n) is 4.49. The van der Waals surface area contributed by atoms with E-state index in [-0.39, 0.29) is 0 Å². The zero-order valence-corrected chi connectivity index (χ0v) is 10.5. The molecule has 0 saturated heterocycles. The molecule has 0 bridgehead atoms. The fourth-order valence-corrected chi connectivity index (χ4v) is 2.01. The van der Waals surface area contributed by atoms with Crippen molar-refractivity contribution in [2.24, 2.45) is 0 Å². The summed E-state index contributed by atoms with van der Waals surface area (Å²) in [4.78, 5) is 0. The van der Waals surface area contributed by atoms with Crippen molar-refractivity contribution >= 4 is 27.5 Å². The molecule has 0 amide bonds. The molecule has 0 unspecified atom stereocenters. The smallest absolute Gasteiger partial charge is 0.170 e. The van der Waals surface area contributed by atoms with Gasteiger partial charge in [-0.25, -0.2) is 0 Å². The molecule has 0 N–H and O–H groups in total. The van der Waals surface area contributed by atoms with Gasteiger partial charge in [0.05, 0.1) is 5.69 Å². The molecule has 4 heteroatoms. The summed E-state index contributed by atoms with van der Waals surface area (Å²) in [6, 6.07) is 7.53. The summed E-state index contributed by atoms with van der Waals surface area (Å²) in [5, 5.41) is 5.40. The van der Waals surface area contributed by atoms with E-state index in [9.17, 15) is 0 Å². The van der Waals surface area contributed by atoms with Crippen molar-refractivity contribution in [3.05, 3.63) is 40.5 Å². The maximum atomic E-state index is 5.82. The van der Waals surface area contributed by atoms with Gasteiger partial charge < -0.3 is 4.52 Å². The van der Waals surface area contributed by atoms with Crippen molar-refractivity contribution in [2.75, 3.05) is 0 Å². The summed E-state index contributed by atoms with van der Waals surface area (Å²) < 4.78 is 5.29. The maximum absolute atomic E-state index is 5.82. The van der Waals surface area contributed by atoms with Gasteiger partial charge in [-0.3, -0.25) is 0 Å². The number of rotatable bonds is 2. The molecule has 1 aromatic carbocycles. The van der Waals surface area contributed by atoms with Crippen LogP contribution in [0.15, 0.2) is 28.8 Å². The Labute approximate surface area is 101 Å². The van der Waals surface area contributed by atoms with Gasteiger partial charge in [-0.15, -0.1) is 0 Å². The summed E-state index contributed by atoms with van der Waals surface area (Å²) in [7, 11) is 0. The van der Waals surface area contributed by atoms with E-state index in [0.717, 1.165) is 27.6 Å². The van der Waals surface area contributed by atoms with Crippen molar-refractivity contribution < 1.29 is 4.52 Å². The second-order valence-corrected chi connectivity index (χ2v) is 4.22. The zero-order valence-electron chi connectivity index (χ0n) is 8.13. The van der Waals surface area contributed by atoms with Crippen molar-refractivity contribution in [3.63, 3.8) is 0 Å². The summed E-state index contributed by atoms with van der Waals surface area (Å²) in [6.45, 7) is 2.00. The van der Waals surface area contributed by atoms with Gasteiger partial charge in [0.1, 0.15) is 0 Å². The molecule has 1 heterocycles. The molecule has 0 spiro atoms. The Bertz CT molecular complexity index is 464. The molecular weight excluding hydrogens is 277 g/mol. The fraction of sp³-hybridized carbons (Fsp3) is 0.182. The third-order valence-electron chi connectivity index (χ3n) is 2.25. The van der Waals surface area contributed by atoms with Crippen LogP contribution in [0.2, 0.25) is 5.02 Å². The quantitative estimate of drug-likeness (QED) is 0.773. The highest BCUT2D eigenvalue weighted by molar-refractivity contribution is 9.08. The molecule has 2 nitrogen and oxygen atoms in total. The van der Waals surface area contributed by atoms with E-state index in [0.29, 0.717) is 5.33 Å². The molecule has 0 radical (unpaired) electrons. The van der Waals surface area contributed by atoms with Crippen molar-refractivity contribution in [1.29, 1.82) is 0 Å². The van der Waals surface area contributed by atoms with Gasteiger partial charge in [-0.1, -0.05) is 32.7 Å². The third kappa shape index (κ3) is 2.08. The van der Waals surface area contributed by atoms with Crippen LogP contribution in [0.4, 0.5) is 0 Å². The monoisotopic (exact) mass is 285 g/mol. The first-order chi connectivity index (χ1) is 7.22. The van der Waals surface area contributed by atoms with Crippen molar-refractivity contribution in [2.45, 2.75) is 12.3 Å². The molecular formula is C11H9BrClNO. The molecule has 0 aliphatic carbocycles. The topological polar surface area (TPSA) is 26.0 Å². The average Bonchev–Trinajstić information content (AvgIpc) is 2.61. The molecule has 0 saturated carbocycles. The molecule has 2 aromatic rings. The number of halogens is 2. The van der Waals surface area contributed by atoms with Crippen molar-refractivity contribution in [3.8, 4) is 11.3 Å². The molecule has 78 valence electrons. The Hall–Kier alpha value is -0.800. The lowest BCUT2D eigenvalue weighted by Gasteiger charge is -1.97. The van der Waals surface area contributed by atoms with Crippen LogP contribution >= 0.6 is 27.5 Å². The van der Waals surface area contributed by atoms with Crippen LogP contribution < -0.4 is 0 Å². The molecule has 1 aromatic heterocycles. The van der Waals surface area contributed by atoms with Gasteiger partial charge in [-0.2, -0.15) is 0 Å². The van der Waals surface area contributed by atoms with Gasteiger partial charge in [0, 0.05) is 21.5 Å². The van der Waals surface area contributed by atoms with E-state index >= 15 is 0 Å². The Morgan fingerprint density at radius 2 is 2.00 bits per heavy atom.